The van der Waals surface area contributed by atoms with Gasteiger partial charge in [-0.15, -0.1) is 11.3 Å². The number of anilines is 1. The average molecular weight is 371 g/mol. The minimum atomic E-state index is -1.15. The van der Waals surface area contributed by atoms with Crippen molar-refractivity contribution >= 4 is 33.3 Å². The van der Waals surface area contributed by atoms with Crippen LogP contribution >= 0.6 is 11.3 Å². The van der Waals surface area contributed by atoms with Crippen LogP contribution in [0.5, 0.6) is 5.75 Å². The first-order valence-corrected chi connectivity index (χ1v) is 9.14. The van der Waals surface area contributed by atoms with Gasteiger partial charge in [0.2, 0.25) is 0 Å². The summed E-state index contributed by atoms with van der Waals surface area (Å²) in [5.74, 6) is 0.393. The second-order valence-electron chi connectivity index (χ2n) is 6.45. The molecule has 0 unspecified atom stereocenters. The van der Waals surface area contributed by atoms with Crippen molar-refractivity contribution in [1.29, 1.82) is 0 Å². The molecular formula is C19H21N3O3S. The molecule has 0 aliphatic carbocycles. The molecule has 1 aromatic carbocycles. The highest BCUT2D eigenvalue weighted by Crippen LogP contribution is 2.41. The van der Waals surface area contributed by atoms with Crippen LogP contribution in [0.4, 0.5) is 5.82 Å². The standard InChI is InChI=1S/C19H21N3O3S/c1-5-25-13-8-6-12(7-9-13)14-11(2)26-17-15(14)16(20-10-21-17)22-19(3,4)18(23)24/h6-10H,5H2,1-4H3,(H,23,24)(H,20,21,22). The first kappa shape index (κ1) is 18.1. The largest absolute Gasteiger partial charge is 0.494 e. The van der Waals surface area contributed by atoms with Gasteiger partial charge in [0.15, 0.2) is 0 Å². The smallest absolute Gasteiger partial charge is 0.328 e. The molecular weight excluding hydrogens is 350 g/mol. The molecule has 0 saturated heterocycles. The van der Waals surface area contributed by atoms with Crippen LogP contribution in [0.3, 0.4) is 0 Å². The number of carboxylic acid groups (broad SMARTS) is 1. The zero-order valence-corrected chi connectivity index (χ0v) is 16.0. The molecule has 3 rings (SSSR count). The van der Waals surface area contributed by atoms with Crippen molar-refractivity contribution in [2.45, 2.75) is 33.2 Å². The van der Waals surface area contributed by atoms with Crippen LogP contribution in [0.25, 0.3) is 21.3 Å². The number of nitrogens with one attached hydrogen (secondary N) is 1. The number of aryl methyl sites for hydroxylation is 1. The van der Waals surface area contributed by atoms with Gasteiger partial charge in [0.1, 0.15) is 28.3 Å². The van der Waals surface area contributed by atoms with E-state index >= 15 is 0 Å². The molecule has 0 saturated carbocycles. The lowest BCUT2D eigenvalue weighted by molar-refractivity contribution is -0.141. The predicted octanol–water partition coefficient (Wildman–Crippen LogP) is 4.34. The Balaban J connectivity index is 2.13. The van der Waals surface area contributed by atoms with Crippen molar-refractivity contribution in [3.8, 4) is 16.9 Å². The van der Waals surface area contributed by atoms with Crippen LogP contribution in [0.1, 0.15) is 25.6 Å². The maximum absolute atomic E-state index is 11.5. The molecule has 0 bridgehead atoms. The second kappa shape index (κ2) is 6.92. The zero-order chi connectivity index (χ0) is 18.9. The number of thiophene rings is 1. The molecule has 7 heteroatoms. The predicted molar refractivity (Wildman–Crippen MR) is 104 cm³/mol. The van der Waals surface area contributed by atoms with Gasteiger partial charge in [-0.3, -0.25) is 0 Å². The Morgan fingerprint density at radius 3 is 2.58 bits per heavy atom. The van der Waals surface area contributed by atoms with Crippen LogP contribution in [-0.4, -0.2) is 33.2 Å². The number of carbonyl (C=O) groups is 1. The topological polar surface area (TPSA) is 84.3 Å². The molecule has 0 radical (unpaired) electrons. The molecule has 0 atom stereocenters. The fourth-order valence-corrected chi connectivity index (χ4v) is 3.73. The number of carboxylic acids is 1. The van der Waals surface area contributed by atoms with Crippen LogP contribution in [0.15, 0.2) is 30.6 Å². The number of aromatic nitrogens is 2. The van der Waals surface area contributed by atoms with E-state index < -0.39 is 11.5 Å². The summed E-state index contributed by atoms with van der Waals surface area (Å²) in [6, 6.07) is 7.86. The van der Waals surface area contributed by atoms with E-state index in [1.54, 1.807) is 25.2 Å². The Hall–Kier alpha value is -2.67. The lowest BCUT2D eigenvalue weighted by Crippen LogP contribution is -2.40. The number of ether oxygens (including phenoxy) is 1. The van der Waals surface area contributed by atoms with Crippen LogP contribution in [0, 0.1) is 6.92 Å². The highest BCUT2D eigenvalue weighted by atomic mass is 32.1. The Labute approximate surface area is 155 Å². The van der Waals surface area contributed by atoms with Gasteiger partial charge in [-0.25, -0.2) is 14.8 Å². The zero-order valence-electron chi connectivity index (χ0n) is 15.2. The molecule has 0 spiro atoms. The van der Waals surface area contributed by atoms with E-state index in [2.05, 4.69) is 15.3 Å². The summed E-state index contributed by atoms with van der Waals surface area (Å²) in [7, 11) is 0. The van der Waals surface area contributed by atoms with Crippen LogP contribution < -0.4 is 10.1 Å². The summed E-state index contributed by atoms with van der Waals surface area (Å²) in [6.07, 6.45) is 1.46. The third-order valence-corrected chi connectivity index (χ3v) is 5.10. The van der Waals surface area contributed by atoms with Gasteiger partial charge < -0.3 is 15.2 Å². The van der Waals surface area contributed by atoms with Crippen molar-refractivity contribution in [3.05, 3.63) is 35.5 Å². The van der Waals surface area contributed by atoms with Gasteiger partial charge in [-0.1, -0.05) is 12.1 Å². The van der Waals surface area contributed by atoms with Crippen LogP contribution in [0.2, 0.25) is 0 Å². The Bertz CT molecular complexity index is 949. The van der Waals surface area contributed by atoms with E-state index in [1.165, 1.54) is 6.33 Å². The second-order valence-corrected chi connectivity index (χ2v) is 7.65. The van der Waals surface area contributed by atoms with Crippen molar-refractivity contribution in [2.75, 3.05) is 11.9 Å². The van der Waals surface area contributed by atoms with Crippen molar-refractivity contribution in [1.82, 2.24) is 9.97 Å². The third-order valence-electron chi connectivity index (χ3n) is 4.08. The van der Waals surface area contributed by atoms with Gasteiger partial charge in [0.05, 0.1) is 12.0 Å². The number of rotatable bonds is 6. The van der Waals surface area contributed by atoms with Crippen molar-refractivity contribution in [2.24, 2.45) is 0 Å². The molecule has 2 aromatic heterocycles. The summed E-state index contributed by atoms with van der Waals surface area (Å²) in [5.41, 5.74) is 0.883. The minimum absolute atomic E-state index is 0.524. The molecule has 2 heterocycles. The first-order valence-electron chi connectivity index (χ1n) is 8.32. The Morgan fingerprint density at radius 1 is 1.27 bits per heavy atom. The molecule has 0 aliphatic heterocycles. The maximum atomic E-state index is 11.5. The van der Waals surface area contributed by atoms with Gasteiger partial charge in [-0.05, 0) is 45.4 Å². The number of hydrogen-bond donors (Lipinski definition) is 2. The fraction of sp³-hybridized carbons (Fsp3) is 0.316. The monoisotopic (exact) mass is 371 g/mol. The summed E-state index contributed by atoms with van der Waals surface area (Å²) in [6.45, 7) is 7.82. The normalized spacial score (nSPS) is 11.5. The van der Waals surface area contributed by atoms with E-state index in [4.69, 9.17) is 4.74 Å². The van der Waals surface area contributed by atoms with E-state index in [1.807, 2.05) is 38.1 Å². The minimum Gasteiger partial charge on any atom is -0.494 e. The number of aliphatic carboxylic acids is 1. The van der Waals surface area contributed by atoms with Crippen LogP contribution in [-0.2, 0) is 4.79 Å². The number of nitrogens with zero attached hydrogens (tertiary/aromatic N) is 2. The van der Waals surface area contributed by atoms with Crippen molar-refractivity contribution in [3.63, 3.8) is 0 Å². The summed E-state index contributed by atoms with van der Waals surface area (Å²) >= 11 is 1.57. The van der Waals surface area contributed by atoms with E-state index in [0.717, 1.165) is 32.0 Å². The van der Waals surface area contributed by atoms with E-state index in [9.17, 15) is 9.90 Å². The van der Waals surface area contributed by atoms with Gasteiger partial charge in [-0.2, -0.15) is 0 Å². The highest BCUT2D eigenvalue weighted by molar-refractivity contribution is 7.19. The third kappa shape index (κ3) is 3.35. The summed E-state index contributed by atoms with van der Waals surface area (Å²) in [4.78, 5) is 22.1. The molecule has 6 nitrogen and oxygen atoms in total. The molecule has 2 N–H and O–H groups in total. The molecule has 0 aliphatic rings. The SMILES string of the molecule is CCOc1ccc(-c2c(C)sc3ncnc(NC(C)(C)C(=O)O)c23)cc1. The molecule has 26 heavy (non-hydrogen) atoms. The lowest BCUT2D eigenvalue weighted by Gasteiger charge is -2.22. The van der Waals surface area contributed by atoms with E-state index in [0.29, 0.717) is 12.4 Å². The fourth-order valence-electron chi connectivity index (χ4n) is 2.72. The van der Waals surface area contributed by atoms with Gasteiger partial charge >= 0.3 is 5.97 Å². The highest BCUT2D eigenvalue weighted by Gasteiger charge is 2.29. The number of hydrogen-bond acceptors (Lipinski definition) is 6. The average Bonchev–Trinajstić information content (AvgIpc) is 2.92. The van der Waals surface area contributed by atoms with E-state index in [-0.39, 0.29) is 0 Å². The molecule has 3 aromatic rings. The van der Waals surface area contributed by atoms with Crippen molar-refractivity contribution < 1.29 is 14.6 Å². The molecule has 0 amide bonds. The lowest BCUT2D eigenvalue weighted by atomic mass is 10.0. The summed E-state index contributed by atoms with van der Waals surface area (Å²) in [5, 5.41) is 13.3. The Morgan fingerprint density at radius 2 is 1.96 bits per heavy atom. The maximum Gasteiger partial charge on any atom is 0.328 e. The number of fused-ring (bicyclic) bond motifs is 1. The summed E-state index contributed by atoms with van der Waals surface area (Å²) < 4.78 is 5.51. The molecule has 136 valence electrons. The van der Waals surface area contributed by atoms with Gasteiger partial charge in [0.25, 0.3) is 0 Å². The molecule has 0 fully saturated rings. The van der Waals surface area contributed by atoms with Gasteiger partial charge in [0, 0.05) is 10.4 Å². The number of benzene rings is 1. The quantitative estimate of drug-likeness (QED) is 0.670. The first-order chi connectivity index (χ1) is 12.3. The Kier molecular flexibility index (Phi) is 4.82.